The highest BCUT2D eigenvalue weighted by Gasteiger charge is 2.21. The number of hydrogen-bond donors (Lipinski definition) is 2. The van der Waals surface area contributed by atoms with Crippen molar-refractivity contribution in [3.05, 3.63) is 76.6 Å². The lowest BCUT2D eigenvalue weighted by atomic mass is 9.85. The third-order valence-electron chi connectivity index (χ3n) is 4.84. The van der Waals surface area contributed by atoms with E-state index in [1.165, 1.54) is 35.8 Å². The Hall–Kier alpha value is -2.09. The van der Waals surface area contributed by atoms with Gasteiger partial charge < -0.3 is 11.1 Å². The summed E-state index contributed by atoms with van der Waals surface area (Å²) in [6.07, 6.45) is 0. The lowest BCUT2D eigenvalue weighted by Crippen LogP contribution is -2.27. The first kappa shape index (κ1) is 24.2. The molecule has 0 saturated heterocycles. The van der Waals surface area contributed by atoms with Gasteiger partial charge in [0.1, 0.15) is 11.6 Å². The monoisotopic (exact) mass is 452 g/mol. The molecule has 2 aromatic carbocycles. The van der Waals surface area contributed by atoms with E-state index in [-0.39, 0.29) is 27.7 Å². The smallest absolute Gasteiger partial charge is 0.236 e. The van der Waals surface area contributed by atoms with Crippen LogP contribution in [0.1, 0.15) is 38.8 Å². The van der Waals surface area contributed by atoms with Crippen molar-refractivity contribution >= 4 is 28.3 Å². The predicted molar refractivity (Wildman–Crippen MR) is 121 cm³/mol. The van der Waals surface area contributed by atoms with Gasteiger partial charge in [0.15, 0.2) is 0 Å². The molecule has 0 aliphatic heterocycles. The molecular weight excluding hydrogens is 426 g/mol. The number of nitrogens with two attached hydrogens (primary N) is 1. The first-order valence-electron chi connectivity index (χ1n) is 9.49. The SMILES string of the molecule is CC(C)(CN)c1ccc(F)cc1.CC(C)(CNc1nc(Cl)ns1)c1ccc(F)cc1. The molecule has 1 heterocycles. The highest BCUT2D eigenvalue weighted by molar-refractivity contribution is 7.09. The standard InChI is InChI=1S/C12H13ClFN3S.C10H14FN/c1-12(2,8-3-5-9(14)6-4-8)7-15-11-16-10(13)17-18-11;1-10(2,7-12)8-3-5-9(11)6-4-8/h3-6H,7H2,1-2H3,(H,15,16,17);3-6H,7,12H2,1-2H3. The van der Waals surface area contributed by atoms with E-state index in [0.29, 0.717) is 18.2 Å². The van der Waals surface area contributed by atoms with Crippen molar-refractivity contribution in [2.24, 2.45) is 5.73 Å². The van der Waals surface area contributed by atoms with Crippen molar-refractivity contribution in [2.45, 2.75) is 38.5 Å². The van der Waals surface area contributed by atoms with Gasteiger partial charge in [-0.05, 0) is 47.0 Å². The highest BCUT2D eigenvalue weighted by atomic mass is 35.5. The van der Waals surface area contributed by atoms with Gasteiger partial charge >= 0.3 is 0 Å². The summed E-state index contributed by atoms with van der Waals surface area (Å²) in [5, 5.41) is 4.13. The van der Waals surface area contributed by atoms with Gasteiger partial charge in [0.2, 0.25) is 10.4 Å². The maximum absolute atomic E-state index is 12.9. The third-order valence-corrected chi connectivity index (χ3v) is 5.79. The zero-order valence-electron chi connectivity index (χ0n) is 17.5. The summed E-state index contributed by atoms with van der Waals surface area (Å²) in [4.78, 5) is 4.02. The minimum absolute atomic E-state index is 0.0618. The predicted octanol–water partition coefficient (Wildman–Crippen LogP) is 5.78. The van der Waals surface area contributed by atoms with Crippen LogP contribution in [0.3, 0.4) is 0 Å². The number of nitrogens with one attached hydrogen (secondary N) is 1. The minimum Gasteiger partial charge on any atom is -0.359 e. The molecule has 162 valence electrons. The van der Waals surface area contributed by atoms with Crippen LogP contribution in [0.4, 0.5) is 13.9 Å². The lowest BCUT2D eigenvalue weighted by Gasteiger charge is -2.25. The number of aromatic nitrogens is 2. The molecule has 30 heavy (non-hydrogen) atoms. The Morgan fingerprint density at radius 2 is 1.37 bits per heavy atom. The fourth-order valence-electron chi connectivity index (χ4n) is 2.60. The number of nitrogens with zero attached hydrogens (tertiary/aromatic N) is 2. The number of hydrogen-bond acceptors (Lipinski definition) is 5. The van der Waals surface area contributed by atoms with Crippen molar-refractivity contribution in [1.29, 1.82) is 0 Å². The molecule has 3 N–H and O–H groups in total. The van der Waals surface area contributed by atoms with Gasteiger partial charge in [0, 0.05) is 35.5 Å². The minimum atomic E-state index is -0.224. The molecule has 3 aromatic rings. The largest absolute Gasteiger partial charge is 0.359 e. The molecular formula is C22H27ClF2N4S. The second-order valence-electron chi connectivity index (χ2n) is 8.21. The Labute approximate surface area is 185 Å². The van der Waals surface area contributed by atoms with E-state index in [4.69, 9.17) is 17.3 Å². The van der Waals surface area contributed by atoms with Crippen LogP contribution >= 0.6 is 23.1 Å². The molecule has 0 atom stereocenters. The molecule has 0 aliphatic carbocycles. The van der Waals surface area contributed by atoms with Crippen LogP contribution in [-0.4, -0.2) is 22.4 Å². The number of anilines is 1. The van der Waals surface area contributed by atoms with E-state index in [0.717, 1.165) is 11.1 Å². The second-order valence-corrected chi connectivity index (χ2v) is 9.30. The van der Waals surface area contributed by atoms with E-state index < -0.39 is 0 Å². The Bertz CT molecular complexity index is 925. The number of rotatable bonds is 6. The second kappa shape index (κ2) is 10.3. The first-order valence-corrected chi connectivity index (χ1v) is 10.6. The van der Waals surface area contributed by atoms with Crippen molar-refractivity contribution in [3.8, 4) is 0 Å². The Morgan fingerprint density at radius 1 is 0.900 bits per heavy atom. The van der Waals surface area contributed by atoms with Crippen molar-refractivity contribution in [3.63, 3.8) is 0 Å². The summed E-state index contributed by atoms with van der Waals surface area (Å²) in [5.74, 6) is -0.426. The molecule has 4 nitrogen and oxygen atoms in total. The number of benzene rings is 2. The molecule has 0 spiro atoms. The van der Waals surface area contributed by atoms with Gasteiger partial charge in [-0.3, -0.25) is 0 Å². The third kappa shape index (κ3) is 7.00. The fraction of sp³-hybridized carbons (Fsp3) is 0.364. The Kier molecular flexibility index (Phi) is 8.29. The Morgan fingerprint density at radius 3 is 1.77 bits per heavy atom. The van der Waals surface area contributed by atoms with Gasteiger partial charge in [0.05, 0.1) is 0 Å². The van der Waals surface area contributed by atoms with Crippen LogP contribution in [0.2, 0.25) is 5.28 Å². The summed E-state index contributed by atoms with van der Waals surface area (Å²) in [7, 11) is 0. The summed E-state index contributed by atoms with van der Waals surface area (Å²) in [6.45, 7) is 9.48. The van der Waals surface area contributed by atoms with Crippen LogP contribution in [0.5, 0.6) is 0 Å². The van der Waals surface area contributed by atoms with E-state index in [2.05, 4.69) is 28.5 Å². The summed E-state index contributed by atoms with van der Waals surface area (Å²) < 4.78 is 29.3. The molecule has 0 radical (unpaired) electrons. The quantitative estimate of drug-likeness (QED) is 0.497. The molecule has 1 aromatic heterocycles. The molecule has 0 fully saturated rings. The highest BCUT2D eigenvalue weighted by Crippen LogP contribution is 2.25. The average molecular weight is 453 g/mol. The molecule has 0 aliphatic rings. The van der Waals surface area contributed by atoms with Crippen LogP contribution < -0.4 is 11.1 Å². The van der Waals surface area contributed by atoms with Gasteiger partial charge in [0.25, 0.3) is 0 Å². The zero-order chi connectivity index (χ0) is 22.4. The summed E-state index contributed by atoms with van der Waals surface area (Å²) in [6, 6.07) is 13.0. The molecule has 0 saturated carbocycles. The number of halogens is 3. The van der Waals surface area contributed by atoms with E-state index in [1.807, 2.05) is 13.8 Å². The van der Waals surface area contributed by atoms with Crippen molar-refractivity contribution in [1.82, 2.24) is 9.36 Å². The first-order chi connectivity index (χ1) is 14.0. The van der Waals surface area contributed by atoms with E-state index in [1.54, 1.807) is 24.3 Å². The van der Waals surface area contributed by atoms with Crippen LogP contribution in [0.15, 0.2) is 48.5 Å². The summed E-state index contributed by atoms with van der Waals surface area (Å²) >= 11 is 6.88. The normalized spacial score (nSPS) is 11.6. The molecule has 0 unspecified atom stereocenters. The molecule has 3 rings (SSSR count). The molecule has 8 heteroatoms. The van der Waals surface area contributed by atoms with Gasteiger partial charge in [-0.2, -0.15) is 9.36 Å². The molecule has 0 amide bonds. The maximum atomic E-state index is 12.9. The Balaban J connectivity index is 0.000000232. The zero-order valence-corrected chi connectivity index (χ0v) is 19.1. The average Bonchev–Trinajstić information content (AvgIpc) is 3.13. The molecule has 0 bridgehead atoms. The van der Waals surface area contributed by atoms with Crippen molar-refractivity contribution < 1.29 is 8.78 Å². The fourth-order valence-corrected chi connectivity index (χ4v) is 3.30. The van der Waals surface area contributed by atoms with E-state index >= 15 is 0 Å². The van der Waals surface area contributed by atoms with Crippen LogP contribution in [0, 0.1) is 11.6 Å². The topological polar surface area (TPSA) is 63.8 Å². The van der Waals surface area contributed by atoms with E-state index in [9.17, 15) is 8.78 Å². The van der Waals surface area contributed by atoms with Gasteiger partial charge in [-0.25, -0.2) is 8.78 Å². The van der Waals surface area contributed by atoms with Crippen LogP contribution in [-0.2, 0) is 10.8 Å². The van der Waals surface area contributed by atoms with Gasteiger partial charge in [-0.15, -0.1) is 0 Å². The van der Waals surface area contributed by atoms with Crippen molar-refractivity contribution in [2.75, 3.05) is 18.4 Å². The maximum Gasteiger partial charge on any atom is 0.236 e. The lowest BCUT2D eigenvalue weighted by molar-refractivity contribution is 0.536. The van der Waals surface area contributed by atoms with Gasteiger partial charge in [-0.1, -0.05) is 52.0 Å². The summed E-state index contributed by atoms with van der Waals surface area (Å²) in [5.41, 5.74) is 7.53. The van der Waals surface area contributed by atoms with Crippen LogP contribution in [0.25, 0.3) is 0 Å².